The number of anilines is 1. The van der Waals surface area contributed by atoms with Crippen molar-refractivity contribution in [2.45, 2.75) is 23.9 Å². The average Bonchev–Trinajstić information content (AvgIpc) is 3.02. The molecule has 2 amide bonds. The van der Waals surface area contributed by atoms with Gasteiger partial charge in [0.1, 0.15) is 18.3 Å². The zero-order valence-corrected chi connectivity index (χ0v) is 24.9. The van der Waals surface area contributed by atoms with Crippen LogP contribution in [-0.2, 0) is 32.6 Å². The largest absolute Gasteiger partial charge is 0.495 e. The number of nitrogens with zero attached hydrogens (tertiary/aromatic N) is 2. The number of benzene rings is 4. The standard InChI is InChI=1S/C32H32ClN3O5S/c1-34-32(38)29(20-24-12-6-3-7-13-24)35(22-25-14-8-4-9-15-25)31(37)23-36(28-21-26(33)18-19-30(28)41-2)42(39,40)27-16-10-5-11-17-27/h3-19,21,29H,20,22-23H2,1-2H3,(H,34,38)/t29-/m0/s1. The molecule has 0 aliphatic heterocycles. The summed E-state index contributed by atoms with van der Waals surface area (Å²) in [6.45, 7) is -0.528. The lowest BCUT2D eigenvalue weighted by Crippen LogP contribution is -2.53. The molecule has 0 bridgehead atoms. The third-order valence-electron chi connectivity index (χ3n) is 6.73. The number of amides is 2. The summed E-state index contributed by atoms with van der Waals surface area (Å²) in [4.78, 5) is 29.0. The summed E-state index contributed by atoms with van der Waals surface area (Å²) in [7, 11) is -1.35. The molecule has 0 radical (unpaired) electrons. The molecule has 4 aromatic rings. The first-order valence-corrected chi connectivity index (χ1v) is 15.1. The van der Waals surface area contributed by atoms with Crippen molar-refractivity contribution in [3.63, 3.8) is 0 Å². The van der Waals surface area contributed by atoms with Gasteiger partial charge in [0.25, 0.3) is 10.0 Å². The first kappa shape index (κ1) is 30.6. The molecule has 0 saturated carbocycles. The Morgan fingerprint density at radius 1 is 0.857 bits per heavy atom. The van der Waals surface area contributed by atoms with Crippen molar-refractivity contribution in [3.05, 3.63) is 125 Å². The Bertz CT molecular complexity index is 1600. The Kier molecular flexibility index (Phi) is 10.2. The van der Waals surface area contributed by atoms with Crippen LogP contribution in [-0.4, -0.2) is 51.9 Å². The van der Waals surface area contributed by atoms with Crippen LogP contribution in [0.2, 0.25) is 5.02 Å². The van der Waals surface area contributed by atoms with Gasteiger partial charge in [-0.2, -0.15) is 0 Å². The molecule has 0 aliphatic carbocycles. The number of likely N-dealkylation sites (N-methyl/N-ethyl adjacent to an activating group) is 1. The van der Waals surface area contributed by atoms with Crippen LogP contribution in [0.15, 0.2) is 114 Å². The summed E-state index contributed by atoms with van der Waals surface area (Å²) in [5.74, 6) is -0.737. The molecule has 0 heterocycles. The van der Waals surface area contributed by atoms with Gasteiger partial charge in [-0.15, -0.1) is 0 Å². The number of hydrogen-bond donors (Lipinski definition) is 1. The minimum absolute atomic E-state index is 0.0124. The van der Waals surface area contributed by atoms with Crippen LogP contribution in [0.4, 0.5) is 5.69 Å². The Morgan fingerprint density at radius 3 is 2.00 bits per heavy atom. The fraction of sp³-hybridized carbons (Fsp3) is 0.188. The Balaban J connectivity index is 1.82. The summed E-state index contributed by atoms with van der Waals surface area (Å²) in [6, 6.07) is 30.0. The minimum atomic E-state index is -4.27. The molecule has 218 valence electrons. The topological polar surface area (TPSA) is 96.0 Å². The van der Waals surface area contributed by atoms with Gasteiger partial charge in [0.2, 0.25) is 11.8 Å². The van der Waals surface area contributed by atoms with Gasteiger partial charge in [0.05, 0.1) is 17.7 Å². The highest BCUT2D eigenvalue weighted by atomic mass is 35.5. The smallest absolute Gasteiger partial charge is 0.264 e. The number of nitrogens with one attached hydrogen (secondary N) is 1. The Hall–Kier alpha value is -4.34. The number of halogens is 1. The maximum absolute atomic E-state index is 14.3. The van der Waals surface area contributed by atoms with Gasteiger partial charge >= 0.3 is 0 Å². The third-order valence-corrected chi connectivity index (χ3v) is 8.74. The first-order chi connectivity index (χ1) is 20.2. The molecule has 0 aromatic heterocycles. The van der Waals surface area contributed by atoms with E-state index >= 15 is 0 Å². The van der Waals surface area contributed by atoms with Gasteiger partial charge in [-0.3, -0.25) is 13.9 Å². The number of carbonyl (C=O) groups excluding carboxylic acids is 2. The van der Waals surface area contributed by atoms with E-state index < -0.39 is 28.5 Å². The number of methoxy groups -OCH3 is 1. The van der Waals surface area contributed by atoms with Crippen LogP contribution in [0.3, 0.4) is 0 Å². The zero-order valence-electron chi connectivity index (χ0n) is 23.3. The number of hydrogen-bond acceptors (Lipinski definition) is 5. The predicted molar refractivity (Wildman–Crippen MR) is 164 cm³/mol. The van der Waals surface area contributed by atoms with E-state index in [0.717, 1.165) is 15.4 Å². The molecule has 10 heteroatoms. The predicted octanol–water partition coefficient (Wildman–Crippen LogP) is 4.93. The number of sulfonamides is 1. The van der Waals surface area contributed by atoms with Crippen LogP contribution in [0.25, 0.3) is 0 Å². The fourth-order valence-corrected chi connectivity index (χ4v) is 6.20. The molecule has 0 saturated heterocycles. The molecule has 4 aromatic carbocycles. The van der Waals surface area contributed by atoms with Crippen LogP contribution in [0, 0.1) is 0 Å². The van der Waals surface area contributed by atoms with Gasteiger partial charge in [-0.05, 0) is 41.5 Å². The lowest BCUT2D eigenvalue weighted by Gasteiger charge is -2.34. The fourth-order valence-electron chi connectivity index (χ4n) is 4.59. The van der Waals surface area contributed by atoms with E-state index in [0.29, 0.717) is 0 Å². The highest BCUT2D eigenvalue weighted by Gasteiger charge is 2.35. The van der Waals surface area contributed by atoms with E-state index in [1.165, 1.54) is 37.3 Å². The van der Waals surface area contributed by atoms with E-state index in [9.17, 15) is 18.0 Å². The molecule has 0 fully saturated rings. The second-order valence-electron chi connectivity index (χ2n) is 9.47. The lowest BCUT2D eigenvalue weighted by atomic mass is 10.0. The molecular formula is C32H32ClN3O5S. The van der Waals surface area contributed by atoms with Crippen molar-refractivity contribution >= 4 is 39.1 Å². The van der Waals surface area contributed by atoms with Gasteiger partial charge in [-0.25, -0.2) is 8.42 Å². The highest BCUT2D eigenvalue weighted by Crippen LogP contribution is 2.35. The summed E-state index contributed by atoms with van der Waals surface area (Å²) in [5.41, 5.74) is 1.73. The van der Waals surface area contributed by atoms with Gasteiger partial charge in [-0.1, -0.05) is 90.5 Å². The second kappa shape index (κ2) is 14.0. The van der Waals surface area contributed by atoms with E-state index in [1.807, 2.05) is 60.7 Å². The summed E-state index contributed by atoms with van der Waals surface area (Å²) in [5, 5.41) is 2.93. The number of rotatable bonds is 12. The van der Waals surface area contributed by atoms with Crippen LogP contribution < -0.4 is 14.4 Å². The molecule has 0 unspecified atom stereocenters. The maximum Gasteiger partial charge on any atom is 0.264 e. The van der Waals surface area contributed by atoms with Gasteiger partial charge in [0, 0.05) is 25.0 Å². The second-order valence-corrected chi connectivity index (χ2v) is 11.8. The van der Waals surface area contributed by atoms with Crippen molar-refractivity contribution < 1.29 is 22.7 Å². The van der Waals surface area contributed by atoms with E-state index in [4.69, 9.17) is 16.3 Å². The summed E-state index contributed by atoms with van der Waals surface area (Å²) < 4.78 is 34.6. The molecule has 0 spiro atoms. The molecular weight excluding hydrogens is 574 g/mol. The van der Waals surface area contributed by atoms with Gasteiger partial charge < -0.3 is 15.0 Å². The molecule has 1 N–H and O–H groups in total. The highest BCUT2D eigenvalue weighted by molar-refractivity contribution is 7.92. The van der Waals surface area contributed by atoms with E-state index in [2.05, 4.69) is 5.32 Å². The molecule has 1 atom stereocenters. The van der Waals surface area contributed by atoms with E-state index in [1.54, 1.807) is 30.3 Å². The minimum Gasteiger partial charge on any atom is -0.495 e. The van der Waals surface area contributed by atoms with E-state index in [-0.39, 0.29) is 40.2 Å². The Labute approximate surface area is 251 Å². The van der Waals surface area contributed by atoms with Crippen molar-refractivity contribution in [2.75, 3.05) is 25.0 Å². The average molecular weight is 606 g/mol. The van der Waals surface area contributed by atoms with Crippen molar-refractivity contribution in [2.24, 2.45) is 0 Å². The molecule has 4 rings (SSSR count). The quantitative estimate of drug-likeness (QED) is 0.247. The monoisotopic (exact) mass is 605 g/mol. The lowest BCUT2D eigenvalue weighted by molar-refractivity contribution is -0.139. The Morgan fingerprint density at radius 2 is 1.43 bits per heavy atom. The molecule has 42 heavy (non-hydrogen) atoms. The van der Waals surface area contributed by atoms with Crippen molar-refractivity contribution in [1.82, 2.24) is 10.2 Å². The molecule has 8 nitrogen and oxygen atoms in total. The third kappa shape index (κ3) is 7.29. The summed E-state index contributed by atoms with van der Waals surface area (Å²) >= 11 is 6.30. The summed E-state index contributed by atoms with van der Waals surface area (Å²) in [6.07, 6.45) is 0.227. The SMILES string of the molecule is CNC(=O)[C@H](Cc1ccccc1)N(Cc1ccccc1)C(=O)CN(c1cc(Cl)ccc1OC)S(=O)(=O)c1ccccc1. The van der Waals surface area contributed by atoms with Gasteiger partial charge in [0.15, 0.2) is 0 Å². The number of ether oxygens (including phenoxy) is 1. The van der Waals surface area contributed by atoms with Crippen molar-refractivity contribution in [1.29, 1.82) is 0 Å². The molecule has 0 aliphatic rings. The van der Waals surface area contributed by atoms with Crippen LogP contribution >= 0.6 is 11.6 Å². The first-order valence-electron chi connectivity index (χ1n) is 13.2. The number of carbonyl (C=O) groups is 2. The zero-order chi connectivity index (χ0) is 30.1. The van der Waals surface area contributed by atoms with Crippen LogP contribution in [0.1, 0.15) is 11.1 Å². The normalized spacial score (nSPS) is 11.8. The van der Waals surface area contributed by atoms with Crippen LogP contribution in [0.5, 0.6) is 5.75 Å². The van der Waals surface area contributed by atoms with Crippen molar-refractivity contribution in [3.8, 4) is 5.75 Å². The maximum atomic E-state index is 14.3.